The molecule has 2 nitrogen and oxygen atoms in total. The number of nitrogens with one attached hydrogen (secondary N) is 1. The zero-order valence-corrected chi connectivity index (χ0v) is 9.92. The Kier molecular flexibility index (Phi) is 5.19. The molecule has 0 spiro atoms. The lowest BCUT2D eigenvalue weighted by atomic mass is 10.0. The van der Waals surface area contributed by atoms with E-state index < -0.39 is 0 Å². The lowest BCUT2D eigenvalue weighted by molar-refractivity contribution is 0.334. The van der Waals surface area contributed by atoms with E-state index in [4.69, 9.17) is 4.74 Å². The highest BCUT2D eigenvalue weighted by molar-refractivity contribution is 5.33. The van der Waals surface area contributed by atoms with Crippen LogP contribution in [0.4, 0.5) is 0 Å². The zero-order chi connectivity index (χ0) is 11.1. The quantitative estimate of drug-likeness (QED) is 0.773. The molecule has 1 atom stereocenters. The van der Waals surface area contributed by atoms with Crippen LogP contribution in [-0.2, 0) is 6.42 Å². The maximum Gasteiger partial charge on any atom is 0.122 e. The van der Waals surface area contributed by atoms with Gasteiger partial charge in [0.25, 0.3) is 0 Å². The number of rotatable bonds is 6. The summed E-state index contributed by atoms with van der Waals surface area (Å²) in [5.41, 5.74) is 1.31. The molecule has 0 saturated heterocycles. The molecule has 84 valence electrons. The second kappa shape index (κ2) is 6.46. The normalized spacial score (nSPS) is 12.5. The van der Waals surface area contributed by atoms with E-state index in [0.717, 1.165) is 25.3 Å². The highest BCUT2D eigenvalue weighted by Gasteiger charge is 2.07. The molecule has 0 aliphatic heterocycles. The number of hydrogen-bond donors (Lipinski definition) is 1. The predicted molar refractivity (Wildman–Crippen MR) is 64.4 cm³/mol. The monoisotopic (exact) mass is 207 g/mol. The van der Waals surface area contributed by atoms with E-state index in [2.05, 4.69) is 24.4 Å². The molecule has 15 heavy (non-hydrogen) atoms. The number of benzene rings is 1. The van der Waals surface area contributed by atoms with Gasteiger partial charge in [-0.15, -0.1) is 0 Å². The Bertz CT molecular complexity index is 286. The van der Waals surface area contributed by atoms with E-state index in [-0.39, 0.29) is 0 Å². The average Bonchev–Trinajstić information content (AvgIpc) is 2.21. The summed E-state index contributed by atoms with van der Waals surface area (Å²) in [5.74, 6) is 1.67. The van der Waals surface area contributed by atoms with Crippen LogP contribution in [0, 0.1) is 5.92 Å². The van der Waals surface area contributed by atoms with Crippen molar-refractivity contribution in [3.63, 3.8) is 0 Å². The molecule has 0 aromatic heterocycles. The maximum atomic E-state index is 5.60. The van der Waals surface area contributed by atoms with Crippen LogP contribution in [0.3, 0.4) is 0 Å². The summed E-state index contributed by atoms with van der Waals surface area (Å²) >= 11 is 0. The van der Waals surface area contributed by atoms with E-state index in [9.17, 15) is 0 Å². The molecule has 1 unspecified atom stereocenters. The fraction of sp³-hybridized carbons (Fsp3) is 0.538. The molecule has 0 amide bonds. The minimum absolute atomic E-state index is 0.636. The zero-order valence-electron chi connectivity index (χ0n) is 9.92. The van der Waals surface area contributed by atoms with Crippen molar-refractivity contribution in [1.29, 1.82) is 0 Å². The van der Waals surface area contributed by atoms with Crippen molar-refractivity contribution in [2.24, 2.45) is 5.92 Å². The molecule has 2 heteroatoms. The first-order valence-electron chi connectivity index (χ1n) is 5.63. The Labute approximate surface area is 92.6 Å². The first-order valence-corrected chi connectivity index (χ1v) is 5.63. The van der Waals surface area contributed by atoms with Crippen molar-refractivity contribution in [1.82, 2.24) is 5.32 Å². The summed E-state index contributed by atoms with van der Waals surface area (Å²) in [6.07, 6.45) is 1.07. The lowest BCUT2D eigenvalue weighted by Gasteiger charge is -2.14. The molecule has 0 bridgehead atoms. The summed E-state index contributed by atoms with van der Waals surface area (Å²) in [7, 11) is 1.99. The fourth-order valence-electron chi connectivity index (χ4n) is 1.76. The highest BCUT2D eigenvalue weighted by atomic mass is 16.5. The average molecular weight is 207 g/mol. The van der Waals surface area contributed by atoms with E-state index in [1.54, 1.807) is 0 Å². The Morgan fingerprint density at radius 1 is 1.33 bits per heavy atom. The van der Waals surface area contributed by atoms with Crippen molar-refractivity contribution in [3.8, 4) is 5.75 Å². The van der Waals surface area contributed by atoms with Crippen molar-refractivity contribution in [3.05, 3.63) is 29.8 Å². The van der Waals surface area contributed by atoms with Crippen LogP contribution in [0.25, 0.3) is 0 Å². The van der Waals surface area contributed by atoms with Crippen molar-refractivity contribution < 1.29 is 4.74 Å². The number of para-hydroxylation sites is 1. The van der Waals surface area contributed by atoms with Gasteiger partial charge in [-0.25, -0.2) is 0 Å². The Balaban J connectivity index is 2.66. The summed E-state index contributed by atoms with van der Waals surface area (Å²) in [4.78, 5) is 0. The molecule has 0 fully saturated rings. The predicted octanol–water partition coefficient (Wildman–Crippen LogP) is 2.48. The second-order valence-corrected chi connectivity index (χ2v) is 3.91. The Morgan fingerprint density at radius 2 is 2.07 bits per heavy atom. The second-order valence-electron chi connectivity index (χ2n) is 3.91. The standard InChI is InChI=1S/C13H21NO/c1-4-15-13-8-6-5-7-12(13)9-11(2)10-14-3/h5-8,11,14H,4,9-10H2,1-3H3. The molecule has 1 aromatic rings. The minimum Gasteiger partial charge on any atom is -0.494 e. The molecule has 0 radical (unpaired) electrons. The molecule has 1 N–H and O–H groups in total. The Morgan fingerprint density at radius 3 is 2.73 bits per heavy atom. The smallest absolute Gasteiger partial charge is 0.122 e. The van der Waals surface area contributed by atoms with E-state index in [1.807, 2.05) is 26.1 Å². The Hall–Kier alpha value is -1.02. The van der Waals surface area contributed by atoms with Gasteiger partial charge in [-0.3, -0.25) is 0 Å². The van der Waals surface area contributed by atoms with E-state index in [0.29, 0.717) is 5.92 Å². The maximum absolute atomic E-state index is 5.60. The van der Waals surface area contributed by atoms with Gasteiger partial charge in [0.1, 0.15) is 5.75 Å². The van der Waals surface area contributed by atoms with E-state index in [1.165, 1.54) is 5.56 Å². The minimum atomic E-state index is 0.636. The van der Waals surface area contributed by atoms with Gasteiger partial charge in [0.15, 0.2) is 0 Å². The van der Waals surface area contributed by atoms with Crippen LogP contribution >= 0.6 is 0 Å². The molecule has 0 aliphatic carbocycles. The fourth-order valence-corrected chi connectivity index (χ4v) is 1.76. The third kappa shape index (κ3) is 3.92. The van der Waals surface area contributed by atoms with Crippen LogP contribution in [0.15, 0.2) is 24.3 Å². The first kappa shape index (κ1) is 12.1. The molecule has 0 saturated carbocycles. The molecular formula is C13H21NO. The molecule has 1 rings (SSSR count). The van der Waals surface area contributed by atoms with Gasteiger partial charge in [0.05, 0.1) is 6.61 Å². The van der Waals surface area contributed by atoms with Gasteiger partial charge in [0.2, 0.25) is 0 Å². The van der Waals surface area contributed by atoms with Crippen LogP contribution in [0.5, 0.6) is 5.75 Å². The molecule has 1 aromatic carbocycles. The summed E-state index contributed by atoms with van der Waals surface area (Å²) in [6, 6.07) is 8.29. The summed E-state index contributed by atoms with van der Waals surface area (Å²) < 4.78 is 5.60. The third-order valence-corrected chi connectivity index (χ3v) is 2.39. The summed E-state index contributed by atoms with van der Waals surface area (Å²) in [6.45, 7) is 6.05. The van der Waals surface area contributed by atoms with Crippen molar-refractivity contribution in [2.45, 2.75) is 20.3 Å². The topological polar surface area (TPSA) is 21.3 Å². The van der Waals surface area contributed by atoms with Crippen molar-refractivity contribution in [2.75, 3.05) is 20.2 Å². The van der Waals surface area contributed by atoms with Gasteiger partial charge in [-0.05, 0) is 44.5 Å². The summed E-state index contributed by atoms with van der Waals surface area (Å²) in [5, 5.41) is 3.20. The molecule has 0 aliphatic rings. The SMILES string of the molecule is CCOc1ccccc1CC(C)CNC. The third-order valence-electron chi connectivity index (χ3n) is 2.39. The van der Waals surface area contributed by atoms with E-state index >= 15 is 0 Å². The van der Waals surface area contributed by atoms with Gasteiger partial charge in [-0.2, -0.15) is 0 Å². The molecule has 0 heterocycles. The number of ether oxygens (including phenoxy) is 1. The lowest BCUT2D eigenvalue weighted by Crippen LogP contribution is -2.18. The van der Waals surface area contributed by atoms with Crippen LogP contribution in [-0.4, -0.2) is 20.2 Å². The van der Waals surface area contributed by atoms with Gasteiger partial charge in [-0.1, -0.05) is 25.1 Å². The van der Waals surface area contributed by atoms with Crippen molar-refractivity contribution >= 4 is 0 Å². The van der Waals surface area contributed by atoms with Gasteiger partial charge < -0.3 is 10.1 Å². The van der Waals surface area contributed by atoms with Crippen LogP contribution in [0.2, 0.25) is 0 Å². The van der Waals surface area contributed by atoms with Crippen LogP contribution < -0.4 is 10.1 Å². The van der Waals surface area contributed by atoms with Gasteiger partial charge >= 0.3 is 0 Å². The largest absolute Gasteiger partial charge is 0.494 e. The molecular weight excluding hydrogens is 186 g/mol. The number of hydrogen-bond acceptors (Lipinski definition) is 2. The first-order chi connectivity index (χ1) is 7.27. The highest BCUT2D eigenvalue weighted by Crippen LogP contribution is 2.20. The van der Waals surface area contributed by atoms with Gasteiger partial charge in [0, 0.05) is 0 Å². The van der Waals surface area contributed by atoms with Crippen LogP contribution in [0.1, 0.15) is 19.4 Å².